The lowest BCUT2D eigenvalue weighted by Crippen LogP contribution is -2.50. The molecule has 1 fully saturated rings. The van der Waals surface area contributed by atoms with Crippen molar-refractivity contribution in [3.63, 3.8) is 0 Å². The number of nitrogens with zero attached hydrogens (tertiary/aromatic N) is 4. The number of alkyl halides is 3. The molecule has 1 aliphatic rings. The molecular formula is C22H18F4N6O2. The number of aromatic nitrogens is 3. The van der Waals surface area contributed by atoms with Crippen molar-refractivity contribution >= 4 is 29.0 Å². The smallest absolute Gasteiger partial charge is 0.354 e. The summed E-state index contributed by atoms with van der Waals surface area (Å²) in [6, 6.07) is 5.19. The molecule has 2 heterocycles. The van der Waals surface area contributed by atoms with Gasteiger partial charge in [0, 0.05) is 19.4 Å². The summed E-state index contributed by atoms with van der Waals surface area (Å²) in [6.45, 7) is 0. The van der Waals surface area contributed by atoms with Gasteiger partial charge in [-0.3, -0.25) is 14.5 Å². The van der Waals surface area contributed by atoms with Crippen molar-refractivity contribution < 1.29 is 27.2 Å². The molecule has 0 aliphatic heterocycles. The first-order chi connectivity index (χ1) is 16.1. The quantitative estimate of drug-likeness (QED) is 0.529. The van der Waals surface area contributed by atoms with Gasteiger partial charge in [-0.2, -0.15) is 13.2 Å². The third kappa shape index (κ3) is 4.80. The molecule has 4 rings (SSSR count). The second-order valence-corrected chi connectivity index (χ2v) is 7.75. The predicted octanol–water partition coefficient (Wildman–Crippen LogP) is 3.70. The standard InChI is InChI=1S/C22H18F4N6O2/c1-32(20(34)21(6-7-21)31-19(33)13-9-27-12-28-10-13)18-5-3-15(11-29-18)30-17-4-2-14(23)8-16(17)22(24,25)26/h2-5,8-12,30H,6-7H2,1H3,(H,31,33). The van der Waals surface area contributed by atoms with Crippen LogP contribution >= 0.6 is 0 Å². The summed E-state index contributed by atoms with van der Waals surface area (Å²) >= 11 is 0. The molecule has 3 aromatic rings. The summed E-state index contributed by atoms with van der Waals surface area (Å²) in [7, 11) is 1.48. The van der Waals surface area contributed by atoms with E-state index in [9.17, 15) is 27.2 Å². The van der Waals surface area contributed by atoms with Crippen LogP contribution in [0.3, 0.4) is 0 Å². The van der Waals surface area contributed by atoms with E-state index in [4.69, 9.17) is 0 Å². The normalized spacial score (nSPS) is 14.3. The number of carbonyl (C=O) groups excluding carboxylic acids is 2. The van der Waals surface area contributed by atoms with Crippen LogP contribution in [0.15, 0.2) is 55.2 Å². The number of halogens is 4. The van der Waals surface area contributed by atoms with Crippen LogP contribution in [0, 0.1) is 5.82 Å². The fourth-order valence-corrected chi connectivity index (χ4v) is 3.32. The molecule has 1 aliphatic carbocycles. The second-order valence-electron chi connectivity index (χ2n) is 7.75. The maximum absolute atomic E-state index is 13.3. The van der Waals surface area contributed by atoms with Crippen molar-refractivity contribution in [1.29, 1.82) is 0 Å². The lowest BCUT2D eigenvalue weighted by molar-refractivity contribution is -0.137. The van der Waals surface area contributed by atoms with Gasteiger partial charge in [0.2, 0.25) is 0 Å². The first kappa shape index (κ1) is 23.1. The second kappa shape index (κ2) is 8.69. The number of hydrogen-bond acceptors (Lipinski definition) is 6. The predicted molar refractivity (Wildman–Crippen MR) is 114 cm³/mol. The van der Waals surface area contributed by atoms with Crippen molar-refractivity contribution in [2.24, 2.45) is 0 Å². The zero-order valence-corrected chi connectivity index (χ0v) is 17.7. The molecule has 0 bridgehead atoms. The molecule has 0 unspecified atom stereocenters. The van der Waals surface area contributed by atoms with Gasteiger partial charge < -0.3 is 10.6 Å². The Morgan fingerprint density at radius 3 is 2.35 bits per heavy atom. The summed E-state index contributed by atoms with van der Waals surface area (Å²) in [5, 5.41) is 5.28. The van der Waals surface area contributed by atoms with Gasteiger partial charge in [0.1, 0.15) is 23.5 Å². The topological polar surface area (TPSA) is 100 Å². The van der Waals surface area contributed by atoms with Crippen LogP contribution in [-0.2, 0) is 11.0 Å². The number of amides is 2. The van der Waals surface area contributed by atoms with Crippen molar-refractivity contribution in [3.05, 3.63) is 72.2 Å². The lowest BCUT2D eigenvalue weighted by atomic mass is 10.1. The highest BCUT2D eigenvalue weighted by Crippen LogP contribution is 2.39. The third-order valence-electron chi connectivity index (χ3n) is 5.30. The Labute approximate surface area is 191 Å². The molecule has 0 radical (unpaired) electrons. The van der Waals surface area contributed by atoms with Gasteiger partial charge in [-0.1, -0.05) is 0 Å². The molecule has 2 N–H and O–H groups in total. The van der Waals surface area contributed by atoms with Gasteiger partial charge in [0.15, 0.2) is 0 Å². The SMILES string of the molecule is CN(C(=O)C1(NC(=O)c2cncnc2)CC1)c1ccc(Nc2ccc(F)cc2C(F)(F)F)cn1. The van der Waals surface area contributed by atoms with Crippen molar-refractivity contribution in [3.8, 4) is 0 Å². The van der Waals surface area contributed by atoms with Gasteiger partial charge in [0.05, 0.1) is 28.7 Å². The molecule has 1 aromatic carbocycles. The average molecular weight is 474 g/mol. The first-order valence-corrected chi connectivity index (χ1v) is 10.0. The number of nitrogens with one attached hydrogen (secondary N) is 2. The Bertz CT molecular complexity index is 1210. The molecule has 12 heteroatoms. The Balaban J connectivity index is 1.46. The maximum Gasteiger partial charge on any atom is 0.418 e. The minimum absolute atomic E-state index is 0.209. The van der Waals surface area contributed by atoms with Crippen LogP contribution < -0.4 is 15.5 Å². The van der Waals surface area contributed by atoms with Crippen molar-refractivity contribution in [1.82, 2.24) is 20.3 Å². The van der Waals surface area contributed by atoms with Gasteiger partial charge >= 0.3 is 6.18 Å². The third-order valence-corrected chi connectivity index (χ3v) is 5.30. The average Bonchev–Trinajstić information content (AvgIpc) is 3.60. The van der Waals surface area contributed by atoms with Gasteiger partial charge in [-0.05, 0) is 43.2 Å². The Hall–Kier alpha value is -4.09. The lowest BCUT2D eigenvalue weighted by Gasteiger charge is -2.24. The summed E-state index contributed by atoms with van der Waals surface area (Å²) in [5.74, 6) is -1.64. The summed E-state index contributed by atoms with van der Waals surface area (Å²) in [5.41, 5.74) is -2.13. The number of benzene rings is 1. The molecule has 2 amide bonds. The molecule has 0 saturated heterocycles. The van der Waals surface area contributed by atoms with E-state index in [2.05, 4.69) is 25.6 Å². The number of pyridine rings is 1. The molecule has 0 atom stereocenters. The molecule has 8 nitrogen and oxygen atoms in total. The minimum atomic E-state index is -4.75. The number of carbonyl (C=O) groups is 2. The number of likely N-dealkylation sites (N-methyl/N-ethyl adjacent to an activating group) is 1. The number of hydrogen-bond donors (Lipinski definition) is 2. The Morgan fingerprint density at radius 2 is 1.76 bits per heavy atom. The number of anilines is 3. The van der Waals surface area contributed by atoms with Crippen LogP contribution in [0.1, 0.15) is 28.8 Å². The Kier molecular flexibility index (Phi) is 5.90. The fraction of sp³-hybridized carbons (Fsp3) is 0.227. The van der Waals surface area contributed by atoms with E-state index < -0.39 is 29.0 Å². The van der Waals surface area contributed by atoms with E-state index in [0.717, 1.165) is 12.1 Å². The highest BCUT2D eigenvalue weighted by molar-refractivity contribution is 6.06. The van der Waals surface area contributed by atoms with E-state index in [1.54, 1.807) is 0 Å². The monoisotopic (exact) mass is 474 g/mol. The van der Waals surface area contributed by atoms with Crippen LogP contribution in [-0.4, -0.2) is 39.4 Å². The zero-order chi connectivity index (χ0) is 24.5. The molecule has 0 spiro atoms. The molecule has 34 heavy (non-hydrogen) atoms. The molecule has 176 valence electrons. The summed E-state index contributed by atoms with van der Waals surface area (Å²) < 4.78 is 52.9. The van der Waals surface area contributed by atoms with E-state index in [1.807, 2.05) is 0 Å². The van der Waals surface area contributed by atoms with Crippen LogP contribution in [0.2, 0.25) is 0 Å². The minimum Gasteiger partial charge on any atom is -0.354 e. The van der Waals surface area contributed by atoms with Crippen molar-refractivity contribution in [2.45, 2.75) is 24.6 Å². The van der Waals surface area contributed by atoms with Gasteiger partial charge in [-0.15, -0.1) is 0 Å². The first-order valence-electron chi connectivity index (χ1n) is 10.0. The fourth-order valence-electron chi connectivity index (χ4n) is 3.32. The van der Waals surface area contributed by atoms with E-state index in [-0.39, 0.29) is 28.7 Å². The van der Waals surface area contributed by atoms with Crippen LogP contribution in [0.5, 0.6) is 0 Å². The largest absolute Gasteiger partial charge is 0.418 e. The Morgan fingerprint density at radius 1 is 1.06 bits per heavy atom. The van der Waals surface area contributed by atoms with E-state index in [1.165, 1.54) is 49.0 Å². The van der Waals surface area contributed by atoms with Gasteiger partial charge in [0.25, 0.3) is 11.8 Å². The summed E-state index contributed by atoms with van der Waals surface area (Å²) in [4.78, 5) is 38.4. The van der Waals surface area contributed by atoms with Crippen molar-refractivity contribution in [2.75, 3.05) is 17.3 Å². The molecule has 2 aromatic heterocycles. The van der Waals surface area contributed by atoms with E-state index >= 15 is 0 Å². The highest BCUT2D eigenvalue weighted by atomic mass is 19.4. The maximum atomic E-state index is 13.3. The van der Waals surface area contributed by atoms with Gasteiger partial charge in [-0.25, -0.2) is 19.3 Å². The van der Waals surface area contributed by atoms with Crippen LogP contribution in [0.25, 0.3) is 0 Å². The van der Waals surface area contributed by atoms with E-state index in [0.29, 0.717) is 18.9 Å². The van der Waals surface area contributed by atoms with Crippen LogP contribution in [0.4, 0.5) is 34.8 Å². The summed E-state index contributed by atoms with van der Waals surface area (Å²) in [6.07, 6.45) is 1.35. The molecular weight excluding hydrogens is 456 g/mol. The number of rotatable bonds is 6. The zero-order valence-electron chi connectivity index (χ0n) is 17.7. The molecule has 1 saturated carbocycles. The highest BCUT2D eigenvalue weighted by Gasteiger charge is 2.53.